The third-order valence-electron chi connectivity index (χ3n) is 1.71. The van der Waals surface area contributed by atoms with Crippen molar-refractivity contribution in [1.82, 2.24) is 15.0 Å². The number of hydrogen-bond acceptors (Lipinski definition) is 6. The van der Waals surface area contributed by atoms with Crippen molar-refractivity contribution in [3.63, 3.8) is 0 Å². The molecule has 0 aliphatic carbocycles. The molecule has 2 aromatic heterocycles. The number of nitrogens with zero attached hydrogens (tertiary/aromatic N) is 3. The number of rotatable bonds is 3. The number of aryl methyl sites for hydroxylation is 1. The van der Waals surface area contributed by atoms with Crippen molar-refractivity contribution in [2.24, 2.45) is 0 Å². The zero-order valence-corrected chi connectivity index (χ0v) is 10.7. The molecule has 0 atom stereocenters. The highest BCUT2D eigenvalue weighted by atomic mass is 35.5. The van der Waals surface area contributed by atoms with Crippen LogP contribution in [0.4, 0.5) is 0 Å². The highest BCUT2D eigenvalue weighted by molar-refractivity contribution is 8.00. The summed E-state index contributed by atoms with van der Waals surface area (Å²) >= 11 is 8.51. The number of thiazole rings is 1. The van der Waals surface area contributed by atoms with Crippen LogP contribution in [0.3, 0.4) is 0 Å². The number of halogens is 1. The van der Waals surface area contributed by atoms with Gasteiger partial charge in [-0.25, -0.2) is 15.0 Å². The van der Waals surface area contributed by atoms with E-state index in [2.05, 4.69) is 15.0 Å². The summed E-state index contributed by atoms with van der Waals surface area (Å²) in [6, 6.07) is 0. The summed E-state index contributed by atoms with van der Waals surface area (Å²) in [5.41, 5.74) is 1.01. The molecule has 2 rings (SSSR count). The van der Waals surface area contributed by atoms with Gasteiger partial charge in [0, 0.05) is 12.4 Å². The maximum atomic E-state index is 8.98. The molecule has 0 aliphatic rings. The van der Waals surface area contributed by atoms with Gasteiger partial charge in [-0.3, -0.25) is 0 Å². The van der Waals surface area contributed by atoms with Crippen LogP contribution in [0.1, 0.15) is 10.4 Å². The molecule has 0 saturated heterocycles. The minimum Gasteiger partial charge on any atom is -0.391 e. The Kier molecular flexibility index (Phi) is 3.75. The molecule has 0 bridgehead atoms. The van der Waals surface area contributed by atoms with E-state index in [0.29, 0.717) is 15.2 Å². The zero-order valence-electron chi connectivity index (χ0n) is 8.35. The lowest BCUT2D eigenvalue weighted by molar-refractivity contribution is 0.285. The third-order valence-corrected chi connectivity index (χ3v) is 4.13. The van der Waals surface area contributed by atoms with Crippen molar-refractivity contribution in [2.75, 3.05) is 0 Å². The first-order chi connectivity index (χ1) is 7.69. The molecule has 0 aliphatic heterocycles. The minimum absolute atomic E-state index is 0.0915. The topological polar surface area (TPSA) is 58.9 Å². The fourth-order valence-corrected chi connectivity index (χ4v) is 3.06. The predicted octanol–water partition coefficient (Wildman–Crippen LogP) is 2.54. The number of aliphatic hydroxyl groups is 1. The van der Waals surface area contributed by atoms with Crippen molar-refractivity contribution < 1.29 is 5.11 Å². The second kappa shape index (κ2) is 5.09. The van der Waals surface area contributed by atoms with E-state index in [-0.39, 0.29) is 6.61 Å². The van der Waals surface area contributed by atoms with Crippen LogP contribution < -0.4 is 0 Å². The summed E-state index contributed by atoms with van der Waals surface area (Å²) in [6.07, 6.45) is 3.50. The predicted molar refractivity (Wildman–Crippen MR) is 63.9 cm³/mol. The molecule has 2 heterocycles. The molecule has 0 fully saturated rings. The number of aromatic nitrogens is 3. The van der Waals surface area contributed by atoms with Crippen molar-refractivity contribution >= 4 is 34.7 Å². The molecule has 2 aromatic rings. The molecular formula is C9H8ClN3OS2. The number of hydrogen-bond donors (Lipinski definition) is 1. The summed E-state index contributed by atoms with van der Waals surface area (Å²) in [5, 5.41) is 9.95. The lowest BCUT2D eigenvalue weighted by Crippen LogP contribution is -1.85. The fourth-order valence-electron chi connectivity index (χ4n) is 0.966. The van der Waals surface area contributed by atoms with Crippen LogP contribution in [-0.4, -0.2) is 20.1 Å². The zero-order chi connectivity index (χ0) is 11.5. The van der Waals surface area contributed by atoms with Crippen molar-refractivity contribution in [3.8, 4) is 0 Å². The average molecular weight is 274 g/mol. The molecule has 7 heteroatoms. The molecule has 0 unspecified atom stereocenters. The lowest BCUT2D eigenvalue weighted by Gasteiger charge is -1.95. The van der Waals surface area contributed by atoms with Gasteiger partial charge in [0.15, 0.2) is 9.50 Å². The Morgan fingerprint density at radius 2 is 2.12 bits per heavy atom. The molecule has 16 heavy (non-hydrogen) atoms. The highest BCUT2D eigenvalue weighted by Gasteiger charge is 2.10. The average Bonchev–Trinajstić information content (AvgIpc) is 2.62. The van der Waals surface area contributed by atoms with Crippen molar-refractivity contribution in [2.45, 2.75) is 23.0 Å². The molecule has 0 aromatic carbocycles. The third kappa shape index (κ3) is 2.70. The van der Waals surface area contributed by atoms with Gasteiger partial charge in [-0.15, -0.1) is 11.3 Å². The van der Waals surface area contributed by atoms with Gasteiger partial charge >= 0.3 is 0 Å². The number of aliphatic hydroxyl groups excluding tert-OH is 1. The Labute approximate surface area is 106 Å². The van der Waals surface area contributed by atoms with Crippen LogP contribution in [0.2, 0.25) is 5.15 Å². The molecule has 4 nitrogen and oxygen atoms in total. The van der Waals surface area contributed by atoms with E-state index in [1.807, 2.05) is 6.92 Å². The van der Waals surface area contributed by atoms with Crippen LogP contribution in [0, 0.1) is 6.92 Å². The van der Waals surface area contributed by atoms with E-state index in [4.69, 9.17) is 16.7 Å². The molecule has 0 amide bonds. The van der Waals surface area contributed by atoms with Crippen molar-refractivity contribution in [1.29, 1.82) is 0 Å². The van der Waals surface area contributed by atoms with Gasteiger partial charge in [-0.05, 0) is 24.2 Å². The molecule has 0 spiro atoms. The summed E-state index contributed by atoms with van der Waals surface area (Å²) in [4.78, 5) is 13.1. The molecule has 1 N–H and O–H groups in total. The molecule has 0 saturated carbocycles. The van der Waals surface area contributed by atoms with E-state index in [0.717, 1.165) is 9.90 Å². The smallest absolute Gasteiger partial charge is 0.194 e. The monoisotopic (exact) mass is 273 g/mol. The van der Waals surface area contributed by atoms with E-state index in [1.165, 1.54) is 23.1 Å². The summed E-state index contributed by atoms with van der Waals surface area (Å²) in [7, 11) is 0. The quantitative estimate of drug-likeness (QED) is 0.871. The van der Waals surface area contributed by atoms with Crippen LogP contribution in [0.15, 0.2) is 21.9 Å². The summed E-state index contributed by atoms with van der Waals surface area (Å²) in [5.74, 6) is 0. The normalized spacial score (nSPS) is 10.7. The van der Waals surface area contributed by atoms with E-state index < -0.39 is 0 Å². The molecule has 84 valence electrons. The van der Waals surface area contributed by atoms with Gasteiger partial charge < -0.3 is 5.11 Å². The van der Waals surface area contributed by atoms with Crippen LogP contribution in [-0.2, 0) is 6.61 Å². The van der Waals surface area contributed by atoms with Gasteiger partial charge in [0.2, 0.25) is 0 Å². The maximum absolute atomic E-state index is 8.98. The second-order valence-electron chi connectivity index (χ2n) is 3.00. The highest BCUT2D eigenvalue weighted by Crippen LogP contribution is 2.33. The Bertz CT molecular complexity index is 486. The maximum Gasteiger partial charge on any atom is 0.194 e. The van der Waals surface area contributed by atoms with Gasteiger partial charge in [0.1, 0.15) is 5.15 Å². The Morgan fingerprint density at radius 1 is 1.44 bits per heavy atom. The van der Waals surface area contributed by atoms with Gasteiger partial charge in [0.25, 0.3) is 0 Å². The van der Waals surface area contributed by atoms with Crippen LogP contribution in [0.5, 0.6) is 0 Å². The van der Waals surface area contributed by atoms with E-state index >= 15 is 0 Å². The van der Waals surface area contributed by atoms with Gasteiger partial charge in [-0.1, -0.05) is 11.6 Å². The van der Waals surface area contributed by atoms with E-state index in [9.17, 15) is 0 Å². The largest absolute Gasteiger partial charge is 0.391 e. The van der Waals surface area contributed by atoms with E-state index in [1.54, 1.807) is 12.4 Å². The summed E-state index contributed by atoms with van der Waals surface area (Å²) in [6.45, 7) is 1.84. The first kappa shape index (κ1) is 11.8. The van der Waals surface area contributed by atoms with Gasteiger partial charge in [0.05, 0.1) is 11.5 Å². The lowest BCUT2D eigenvalue weighted by atomic mass is 10.4. The first-order valence-corrected chi connectivity index (χ1v) is 6.42. The SMILES string of the molecule is Cc1cnc(Sc2nc(Cl)c(CO)s2)nc1. The van der Waals surface area contributed by atoms with Crippen LogP contribution in [0.25, 0.3) is 0 Å². The Morgan fingerprint density at radius 3 is 2.69 bits per heavy atom. The fraction of sp³-hybridized carbons (Fsp3) is 0.222. The standard InChI is InChI=1S/C9H8ClN3OS2/c1-5-2-11-8(12-3-5)16-9-13-7(10)6(4-14)15-9/h2-3,14H,4H2,1H3. The Balaban J connectivity index is 2.17. The van der Waals surface area contributed by atoms with Gasteiger partial charge in [-0.2, -0.15) is 0 Å². The minimum atomic E-state index is -0.0915. The van der Waals surface area contributed by atoms with Crippen LogP contribution >= 0.6 is 34.7 Å². The second-order valence-corrected chi connectivity index (χ2v) is 5.65. The Hall–Kier alpha value is -0.690. The summed E-state index contributed by atoms with van der Waals surface area (Å²) < 4.78 is 0.734. The first-order valence-electron chi connectivity index (χ1n) is 4.41. The van der Waals surface area contributed by atoms with Crippen molar-refractivity contribution in [3.05, 3.63) is 28.0 Å². The molecule has 0 radical (unpaired) electrons. The molecular weight excluding hydrogens is 266 g/mol.